The first kappa shape index (κ1) is 23.2. The summed E-state index contributed by atoms with van der Waals surface area (Å²) in [7, 11) is 0. The third-order valence-corrected chi connectivity index (χ3v) is 3.88. The molecule has 0 heterocycles. The van der Waals surface area contributed by atoms with E-state index in [0.717, 1.165) is 12.5 Å². The fourth-order valence-electron chi connectivity index (χ4n) is 2.45. The molecule has 2 heteroatoms. The zero-order valence-electron chi connectivity index (χ0n) is 15.9. The molecule has 25 heavy (non-hydrogen) atoms. The lowest BCUT2D eigenvalue weighted by Crippen LogP contribution is -1.84. The van der Waals surface area contributed by atoms with Gasteiger partial charge in [0.25, 0.3) is 0 Å². The van der Waals surface area contributed by atoms with Crippen LogP contribution in [0.1, 0.15) is 77.6 Å². The normalized spacial score (nSPS) is 12.7. The van der Waals surface area contributed by atoms with Gasteiger partial charge in [-0.3, -0.25) is 0 Å². The summed E-state index contributed by atoms with van der Waals surface area (Å²) in [6, 6.07) is 0. The Morgan fingerprint density at radius 1 is 0.640 bits per heavy atom. The number of carboxylic acid groups (broad SMARTS) is 1. The van der Waals surface area contributed by atoms with Crippen molar-refractivity contribution in [1.29, 1.82) is 0 Å². The third-order valence-electron chi connectivity index (χ3n) is 3.88. The molecule has 0 aliphatic rings. The second-order valence-electron chi connectivity index (χ2n) is 6.25. The van der Waals surface area contributed by atoms with E-state index in [1.54, 1.807) is 12.2 Å². The molecule has 0 bridgehead atoms. The Kier molecular flexibility index (Phi) is 18.7. The van der Waals surface area contributed by atoms with Crippen LogP contribution in [-0.2, 0) is 4.79 Å². The summed E-state index contributed by atoms with van der Waals surface area (Å²) in [6.45, 7) is 2.27. The first-order valence-corrected chi connectivity index (χ1v) is 9.83. The predicted octanol–water partition coefficient (Wildman–Crippen LogP) is 7.16. The summed E-state index contributed by atoms with van der Waals surface area (Å²) in [6.07, 6.45) is 33.2. The fraction of sp³-hybridized carbons (Fsp3) is 0.522. The van der Waals surface area contributed by atoms with Gasteiger partial charge in [-0.15, -0.1) is 0 Å². The lowest BCUT2D eigenvalue weighted by Gasteiger charge is -2.01. The van der Waals surface area contributed by atoms with Crippen molar-refractivity contribution in [1.82, 2.24) is 0 Å². The highest BCUT2D eigenvalue weighted by molar-refractivity contribution is 5.80. The molecule has 1 N–H and O–H groups in total. The zero-order chi connectivity index (χ0) is 18.4. The number of carbonyl (C=O) groups is 1. The Bertz CT molecular complexity index is 439. The summed E-state index contributed by atoms with van der Waals surface area (Å²) in [5.74, 6) is -0.930. The second kappa shape index (κ2) is 20.2. The maximum absolute atomic E-state index is 10.2. The minimum atomic E-state index is -0.930. The van der Waals surface area contributed by atoms with Crippen LogP contribution in [0.25, 0.3) is 0 Å². The molecule has 0 amide bonds. The van der Waals surface area contributed by atoms with Crippen LogP contribution in [0.4, 0.5) is 0 Å². The molecule has 2 nitrogen and oxygen atoms in total. The maximum atomic E-state index is 10.2. The highest BCUT2D eigenvalue weighted by Crippen LogP contribution is 2.11. The van der Waals surface area contributed by atoms with E-state index >= 15 is 0 Å². The molecule has 140 valence electrons. The van der Waals surface area contributed by atoms with E-state index in [1.165, 1.54) is 70.3 Å². The van der Waals surface area contributed by atoms with Gasteiger partial charge in [0.05, 0.1) is 0 Å². The largest absolute Gasteiger partial charge is 0.478 e. The molecule has 0 aromatic rings. The van der Waals surface area contributed by atoms with Gasteiger partial charge >= 0.3 is 5.97 Å². The SMILES string of the molecule is CCCCCCCCCCCC/C=C/C=C/C=C/C=C/C=C/C(=O)O. The highest BCUT2D eigenvalue weighted by Gasteiger charge is 1.91. The van der Waals surface area contributed by atoms with Gasteiger partial charge in [0.1, 0.15) is 0 Å². The van der Waals surface area contributed by atoms with E-state index in [0.29, 0.717) is 0 Å². The molecule has 0 aromatic carbocycles. The number of carboxylic acids is 1. The molecule has 0 fully saturated rings. The van der Waals surface area contributed by atoms with Crippen molar-refractivity contribution in [3.05, 3.63) is 60.8 Å². The zero-order valence-corrected chi connectivity index (χ0v) is 15.9. The van der Waals surface area contributed by atoms with E-state index < -0.39 is 5.97 Å². The van der Waals surface area contributed by atoms with Crippen LogP contribution in [0.2, 0.25) is 0 Å². The summed E-state index contributed by atoms with van der Waals surface area (Å²) in [5.41, 5.74) is 0. The number of hydrogen-bond donors (Lipinski definition) is 1. The molecule has 0 radical (unpaired) electrons. The Morgan fingerprint density at radius 2 is 1.08 bits per heavy atom. The lowest BCUT2D eigenvalue weighted by atomic mass is 10.1. The highest BCUT2D eigenvalue weighted by atomic mass is 16.4. The molecule has 0 rings (SSSR count). The molecular weight excluding hydrogens is 308 g/mol. The average Bonchev–Trinajstić information content (AvgIpc) is 2.60. The van der Waals surface area contributed by atoms with Crippen molar-refractivity contribution in [3.63, 3.8) is 0 Å². The lowest BCUT2D eigenvalue weighted by molar-refractivity contribution is -0.131. The molecule has 0 aliphatic carbocycles. The first-order chi connectivity index (χ1) is 12.3. The molecule has 0 spiro atoms. The van der Waals surface area contributed by atoms with Crippen LogP contribution in [0.5, 0.6) is 0 Å². The van der Waals surface area contributed by atoms with Gasteiger partial charge in [0.2, 0.25) is 0 Å². The van der Waals surface area contributed by atoms with Crippen LogP contribution in [0.15, 0.2) is 60.8 Å². The monoisotopic (exact) mass is 344 g/mol. The van der Waals surface area contributed by atoms with Crippen LogP contribution in [-0.4, -0.2) is 11.1 Å². The second-order valence-corrected chi connectivity index (χ2v) is 6.25. The molecule has 0 saturated carbocycles. The number of allylic oxidation sites excluding steroid dienone is 9. The first-order valence-electron chi connectivity index (χ1n) is 9.83. The minimum Gasteiger partial charge on any atom is -0.478 e. The van der Waals surface area contributed by atoms with Crippen molar-refractivity contribution in [2.75, 3.05) is 0 Å². The van der Waals surface area contributed by atoms with Crippen molar-refractivity contribution in [3.8, 4) is 0 Å². The topological polar surface area (TPSA) is 37.3 Å². The van der Waals surface area contributed by atoms with Crippen molar-refractivity contribution >= 4 is 5.97 Å². The van der Waals surface area contributed by atoms with Crippen molar-refractivity contribution in [2.24, 2.45) is 0 Å². The van der Waals surface area contributed by atoms with E-state index in [9.17, 15) is 4.79 Å². The molecule has 0 saturated heterocycles. The molecule has 0 aromatic heterocycles. The summed E-state index contributed by atoms with van der Waals surface area (Å²) < 4.78 is 0. The van der Waals surface area contributed by atoms with Gasteiger partial charge < -0.3 is 5.11 Å². The Balaban J connectivity index is 3.41. The van der Waals surface area contributed by atoms with Crippen LogP contribution < -0.4 is 0 Å². The number of unbranched alkanes of at least 4 members (excludes halogenated alkanes) is 10. The van der Waals surface area contributed by atoms with E-state index in [1.807, 2.05) is 24.3 Å². The number of aliphatic carboxylic acids is 1. The van der Waals surface area contributed by atoms with Gasteiger partial charge in [-0.2, -0.15) is 0 Å². The standard InChI is InChI=1S/C23H36O2/c1-2-3-4-5-6-7-8-9-10-11-12-13-14-15-16-17-18-19-20-21-22-23(24)25/h13-22H,2-12H2,1H3,(H,24,25)/b14-13+,16-15+,18-17+,20-19+,22-21+. The average molecular weight is 345 g/mol. The van der Waals surface area contributed by atoms with Gasteiger partial charge in [0.15, 0.2) is 0 Å². The molecular formula is C23H36O2. The van der Waals surface area contributed by atoms with Crippen LogP contribution >= 0.6 is 0 Å². The maximum Gasteiger partial charge on any atom is 0.328 e. The molecule has 0 aliphatic heterocycles. The fourth-order valence-corrected chi connectivity index (χ4v) is 2.45. The van der Waals surface area contributed by atoms with Gasteiger partial charge in [0, 0.05) is 6.08 Å². The summed E-state index contributed by atoms with van der Waals surface area (Å²) in [4.78, 5) is 10.2. The number of rotatable bonds is 16. The Hall–Kier alpha value is -1.83. The Labute approximate surface area is 154 Å². The van der Waals surface area contributed by atoms with Crippen molar-refractivity contribution < 1.29 is 9.90 Å². The van der Waals surface area contributed by atoms with Gasteiger partial charge in [-0.1, -0.05) is 119 Å². The molecule has 0 atom stereocenters. The van der Waals surface area contributed by atoms with Gasteiger partial charge in [-0.05, 0) is 12.8 Å². The molecule has 0 unspecified atom stereocenters. The third kappa shape index (κ3) is 22.2. The number of hydrogen-bond acceptors (Lipinski definition) is 1. The van der Waals surface area contributed by atoms with E-state index in [2.05, 4.69) is 19.1 Å². The minimum absolute atomic E-state index is 0.930. The summed E-state index contributed by atoms with van der Waals surface area (Å²) >= 11 is 0. The van der Waals surface area contributed by atoms with Crippen molar-refractivity contribution in [2.45, 2.75) is 77.6 Å². The smallest absolute Gasteiger partial charge is 0.328 e. The summed E-state index contributed by atoms with van der Waals surface area (Å²) in [5, 5.41) is 8.41. The Morgan fingerprint density at radius 3 is 1.60 bits per heavy atom. The predicted molar refractivity (Wildman–Crippen MR) is 110 cm³/mol. The quantitative estimate of drug-likeness (QED) is 0.183. The van der Waals surface area contributed by atoms with Crippen LogP contribution in [0.3, 0.4) is 0 Å². The van der Waals surface area contributed by atoms with E-state index in [-0.39, 0.29) is 0 Å². The van der Waals surface area contributed by atoms with Gasteiger partial charge in [-0.25, -0.2) is 4.79 Å². The van der Waals surface area contributed by atoms with E-state index in [4.69, 9.17) is 5.11 Å². The van der Waals surface area contributed by atoms with Crippen LogP contribution in [0, 0.1) is 0 Å².